The zero-order valence-electron chi connectivity index (χ0n) is 29.8. The van der Waals surface area contributed by atoms with E-state index in [-0.39, 0.29) is 87.4 Å². The van der Waals surface area contributed by atoms with Crippen LogP contribution in [0.2, 0.25) is 0 Å². The van der Waals surface area contributed by atoms with Crippen molar-refractivity contribution in [1.29, 1.82) is 0 Å². The van der Waals surface area contributed by atoms with Gasteiger partial charge in [0.2, 0.25) is 0 Å². The fourth-order valence-electron chi connectivity index (χ4n) is 7.52. The molecule has 0 saturated carbocycles. The van der Waals surface area contributed by atoms with Crippen LogP contribution in [-0.4, -0.2) is 62.1 Å². The Balaban J connectivity index is 0.00000455. The zero-order valence-corrected chi connectivity index (χ0v) is 32.7. The normalized spacial score (nSPS) is 19.6. The molecule has 0 saturated heterocycles. The summed E-state index contributed by atoms with van der Waals surface area (Å²) in [5, 5.41) is 67.9. The first kappa shape index (κ1) is 36.5. The van der Waals surface area contributed by atoms with Gasteiger partial charge in [0, 0.05) is 67.2 Å². The first-order valence-corrected chi connectivity index (χ1v) is 17.4. The molecular weight excluding hydrogens is 778 g/mol. The number of aromatic hydroxyl groups is 4. The Morgan fingerprint density at radius 2 is 0.684 bits per heavy atom. The van der Waals surface area contributed by atoms with Gasteiger partial charge in [-0.15, -0.1) is 0 Å². The maximum absolute atomic E-state index is 13.5. The first-order valence-electron chi connectivity index (χ1n) is 17.4. The van der Waals surface area contributed by atoms with E-state index in [0.717, 1.165) is 0 Å². The van der Waals surface area contributed by atoms with Gasteiger partial charge in [-0.3, -0.25) is 9.59 Å². The second-order valence-corrected chi connectivity index (χ2v) is 13.3. The quantitative estimate of drug-likeness (QED) is 0.0805. The standard InChI is InChI=1S/C44H30N4O8.Zn/c49-29-5-1-6-30(50)41(29)37-21-13-15-23(45-21)38(42-31(51)7-2-8-32(42)52)25-17-19-27(47-25)40(44-35(55)11-4-12-36(44)56)28-20-18-26(48-28)39(24-16-14-22(37)46-24)43-33(53)9-3-10-34(43)54;/h1-20,45-53,55H;/q;+2/b37-21+,38-23+,43-39-,44-40+;. The molecule has 12 nitrogen and oxygen atoms in total. The Kier molecular flexibility index (Phi) is 8.94. The van der Waals surface area contributed by atoms with Crippen molar-refractivity contribution in [2.75, 3.05) is 0 Å². The van der Waals surface area contributed by atoms with E-state index in [1.807, 2.05) is 0 Å². The number of H-pyrrole nitrogens is 4. The molecule has 3 aliphatic rings. The summed E-state index contributed by atoms with van der Waals surface area (Å²) in [6.07, 6.45) is 8.33. The largest absolute Gasteiger partial charge is 2.00 e. The maximum Gasteiger partial charge on any atom is 2.00 e. The molecule has 1 aliphatic heterocycles. The summed E-state index contributed by atoms with van der Waals surface area (Å²) in [5.74, 6) is -2.46. The number of nitrogens with one attached hydrogen (secondary N) is 4. The number of hydrogen-bond acceptors (Lipinski definition) is 8. The molecule has 5 heterocycles. The van der Waals surface area contributed by atoms with Crippen molar-refractivity contribution in [2.45, 2.75) is 0 Å². The number of ketones is 2. The van der Waals surface area contributed by atoms with E-state index in [4.69, 9.17) is 0 Å². The Morgan fingerprint density at radius 3 is 1.00 bits per heavy atom. The van der Waals surface area contributed by atoms with E-state index in [1.54, 1.807) is 48.5 Å². The summed E-state index contributed by atoms with van der Waals surface area (Å²) in [7, 11) is 0. The average Bonchev–Trinajstić information content (AvgIpc) is 4.00. The molecular formula is C44H30N4O8Zn+2. The van der Waals surface area contributed by atoms with Gasteiger partial charge in [-0.2, -0.15) is 0 Å². The summed E-state index contributed by atoms with van der Waals surface area (Å²) in [6.45, 7) is 0. The Labute approximate surface area is 335 Å². The topological polar surface area (TPSA) is 219 Å². The molecule has 0 atom stereocenters. The molecule has 2 aliphatic carbocycles. The number of phenols is 4. The molecule has 0 amide bonds. The summed E-state index contributed by atoms with van der Waals surface area (Å²) in [5.41, 5.74) is 3.48. The minimum Gasteiger partial charge on any atom is -0.507 e. The SMILES string of the molecule is O=C1C=CC=C(O)/C1=C1/c2ccc([nH]2)/C(c2c(O)cccc2O)=c2/cc/c([nH]2)=C(\c2c(O)cccc2O)c2ccc([nH]2)/C(=C2/C(=O)C=CC=C2O)c2ccc1[nH]2.[Zn+2]. The van der Waals surface area contributed by atoms with Crippen molar-refractivity contribution in [3.05, 3.63) is 200 Å². The molecule has 13 heteroatoms. The van der Waals surface area contributed by atoms with E-state index in [0.29, 0.717) is 56.0 Å². The number of aliphatic hydroxyl groups excluding tert-OH is 2. The summed E-state index contributed by atoms with van der Waals surface area (Å²) >= 11 is 0. The van der Waals surface area contributed by atoms with Gasteiger partial charge < -0.3 is 50.6 Å². The third kappa shape index (κ3) is 5.97. The van der Waals surface area contributed by atoms with Crippen molar-refractivity contribution in [2.24, 2.45) is 0 Å². The van der Waals surface area contributed by atoms with Crippen LogP contribution in [0.3, 0.4) is 0 Å². The van der Waals surface area contributed by atoms with Crippen LogP contribution in [-0.2, 0) is 29.1 Å². The van der Waals surface area contributed by atoms with Crippen LogP contribution in [0.25, 0.3) is 22.3 Å². The van der Waals surface area contributed by atoms with Gasteiger partial charge in [-0.05, 0) is 97.1 Å². The number of allylic oxidation sites excluding steroid dienone is 8. The van der Waals surface area contributed by atoms with Gasteiger partial charge in [0.05, 0.1) is 22.3 Å². The average molecular weight is 808 g/mol. The number of fused-ring (bicyclic) bond motifs is 8. The molecule has 0 radical (unpaired) electrons. The first-order chi connectivity index (χ1) is 27.1. The van der Waals surface area contributed by atoms with Gasteiger partial charge >= 0.3 is 19.5 Å². The zero-order chi connectivity index (χ0) is 38.8. The minimum absolute atomic E-state index is 0. The van der Waals surface area contributed by atoms with Crippen molar-refractivity contribution >= 4 is 33.9 Å². The molecule has 57 heavy (non-hydrogen) atoms. The predicted molar refractivity (Wildman–Crippen MR) is 207 cm³/mol. The monoisotopic (exact) mass is 806 g/mol. The number of aliphatic hydroxyl groups is 2. The summed E-state index contributed by atoms with van der Waals surface area (Å²) in [4.78, 5) is 40.5. The van der Waals surface area contributed by atoms with E-state index in [1.165, 1.54) is 72.9 Å². The Hall–Kier alpha value is -7.50. The second kappa shape index (κ2) is 14.0. The minimum atomic E-state index is -0.477. The Morgan fingerprint density at radius 1 is 0.368 bits per heavy atom. The Bertz CT molecular complexity index is 2790. The van der Waals surface area contributed by atoms with Crippen LogP contribution >= 0.6 is 0 Å². The maximum atomic E-state index is 13.5. The number of benzene rings is 2. The smallest absolute Gasteiger partial charge is 0.507 e. The fraction of sp³-hybridized carbons (Fsp3) is 0. The van der Waals surface area contributed by atoms with Crippen LogP contribution in [0.5, 0.6) is 23.0 Å². The fourth-order valence-corrected chi connectivity index (χ4v) is 7.52. The number of rotatable bonds is 2. The second-order valence-electron chi connectivity index (χ2n) is 13.3. The molecule has 6 aromatic rings. The number of carbonyl (C=O) groups is 2. The van der Waals surface area contributed by atoms with Crippen molar-refractivity contribution in [3.63, 3.8) is 0 Å². The van der Waals surface area contributed by atoms with E-state index in [9.17, 15) is 40.2 Å². The molecule has 4 aromatic heterocycles. The van der Waals surface area contributed by atoms with Gasteiger partial charge in [-0.1, -0.05) is 24.3 Å². The molecule has 274 valence electrons. The molecule has 9 rings (SSSR count). The number of phenolic OH excluding ortho intramolecular Hbond substituents is 4. The van der Waals surface area contributed by atoms with Gasteiger partial charge in [0.1, 0.15) is 34.5 Å². The molecule has 10 N–H and O–H groups in total. The van der Waals surface area contributed by atoms with Gasteiger partial charge in [-0.25, -0.2) is 0 Å². The van der Waals surface area contributed by atoms with E-state index < -0.39 is 11.6 Å². The van der Waals surface area contributed by atoms with Gasteiger partial charge in [0.15, 0.2) is 11.6 Å². The number of hydrogen-bond donors (Lipinski definition) is 10. The van der Waals surface area contributed by atoms with Crippen LogP contribution in [0, 0.1) is 0 Å². The molecule has 8 bridgehead atoms. The molecule has 0 unspecified atom stereocenters. The van der Waals surface area contributed by atoms with Crippen molar-refractivity contribution < 1.29 is 59.7 Å². The van der Waals surface area contributed by atoms with Gasteiger partial charge in [0.25, 0.3) is 0 Å². The van der Waals surface area contributed by atoms with Crippen LogP contribution in [0.4, 0.5) is 0 Å². The molecule has 0 fully saturated rings. The number of carbonyl (C=O) groups excluding carboxylic acids is 2. The molecule has 0 spiro atoms. The van der Waals surface area contributed by atoms with E-state index >= 15 is 0 Å². The summed E-state index contributed by atoms with van der Waals surface area (Å²) < 4.78 is 0. The summed E-state index contributed by atoms with van der Waals surface area (Å²) in [6, 6.07) is 22.3. The third-order valence-electron chi connectivity index (χ3n) is 9.95. The molecule has 2 aromatic carbocycles. The number of aromatic nitrogens is 4. The van der Waals surface area contributed by atoms with Crippen molar-refractivity contribution in [3.8, 4) is 23.0 Å². The van der Waals surface area contributed by atoms with Crippen molar-refractivity contribution in [1.82, 2.24) is 19.9 Å². The third-order valence-corrected chi connectivity index (χ3v) is 9.95. The number of aromatic amines is 4. The predicted octanol–water partition coefficient (Wildman–Crippen LogP) is 5.39. The van der Waals surface area contributed by atoms with Crippen LogP contribution < -0.4 is 10.7 Å². The van der Waals surface area contributed by atoms with Crippen LogP contribution in [0.15, 0.2) is 144 Å². The van der Waals surface area contributed by atoms with Crippen LogP contribution in [0.1, 0.15) is 45.3 Å². The van der Waals surface area contributed by atoms with E-state index in [2.05, 4.69) is 19.9 Å².